The average molecular weight is 622 g/mol. The summed E-state index contributed by atoms with van der Waals surface area (Å²) in [5, 5.41) is 0. The van der Waals surface area contributed by atoms with Gasteiger partial charge in [0.05, 0.1) is 0 Å². The van der Waals surface area contributed by atoms with Gasteiger partial charge in [0.2, 0.25) is 0 Å². The zero-order valence-electron chi connectivity index (χ0n) is 20.1. The van der Waals surface area contributed by atoms with Gasteiger partial charge < -0.3 is 0 Å². The number of sulfonamides is 1. The molecule has 0 amide bonds. The molecule has 2 aromatic rings. The van der Waals surface area contributed by atoms with Crippen molar-refractivity contribution in [1.29, 1.82) is 0 Å². The van der Waals surface area contributed by atoms with Crippen LogP contribution in [0.2, 0.25) is 0 Å². The Balaban J connectivity index is 0.00000121. The van der Waals surface area contributed by atoms with E-state index in [1.165, 1.54) is 36.6 Å². The predicted molar refractivity (Wildman–Crippen MR) is 133 cm³/mol. The molecule has 0 aromatic heterocycles. The Morgan fingerprint density at radius 3 is 2.31 bits per heavy atom. The van der Waals surface area contributed by atoms with Crippen LogP contribution in [-0.4, -0.2) is 16.6 Å². The third-order valence-electron chi connectivity index (χ3n) is 4.96. The molecule has 0 N–H and O–H groups in total. The second-order valence-electron chi connectivity index (χ2n) is 7.14. The van der Waals surface area contributed by atoms with Crippen LogP contribution < -0.4 is 0 Å². The van der Waals surface area contributed by atoms with Gasteiger partial charge in [-0.2, -0.15) is 0 Å². The molecule has 0 saturated heterocycles. The molecule has 2 aromatic carbocycles. The first-order chi connectivity index (χ1) is 15.3. The Bertz CT molecular complexity index is 1030. The van der Waals surface area contributed by atoms with Gasteiger partial charge in [-0.05, 0) is 0 Å². The fourth-order valence-electron chi connectivity index (χ4n) is 3.57. The van der Waals surface area contributed by atoms with E-state index in [1.54, 1.807) is 10.4 Å². The van der Waals surface area contributed by atoms with E-state index in [4.69, 9.17) is 6.58 Å². The van der Waals surface area contributed by atoms with Crippen molar-refractivity contribution in [3.63, 3.8) is 0 Å². The van der Waals surface area contributed by atoms with Crippen LogP contribution in [0, 0.1) is 13.5 Å². The van der Waals surface area contributed by atoms with Crippen LogP contribution in [0.25, 0.3) is 0 Å². The number of aryl methyl sites for hydroxylation is 2. The van der Waals surface area contributed by atoms with Gasteiger partial charge in [0.15, 0.2) is 0 Å². The third-order valence-corrected chi connectivity index (χ3v) is 7.18. The summed E-state index contributed by atoms with van der Waals surface area (Å²) < 4.78 is 29.5. The van der Waals surface area contributed by atoms with E-state index < -0.39 is 10.0 Å². The first-order valence-electron chi connectivity index (χ1n) is 11.3. The van der Waals surface area contributed by atoms with Crippen LogP contribution in [0.4, 0.5) is 0 Å². The molecule has 5 heteroatoms. The Morgan fingerprint density at radius 1 is 1.09 bits per heavy atom. The summed E-state index contributed by atoms with van der Waals surface area (Å²) in [5.74, 6) is 0. The summed E-state index contributed by atoms with van der Waals surface area (Å²) in [6.45, 7) is 18.4. The third kappa shape index (κ3) is 7.47. The number of benzene rings is 2. The SMILES string of the molecule is CC.CC.[CH-]=C(C=C[C](C)=[W])S(=O)(=O)N(Cc1ccccc1)C1CCc2cc(C)ccc21. The van der Waals surface area contributed by atoms with Crippen molar-refractivity contribution in [2.45, 2.75) is 67.0 Å². The van der Waals surface area contributed by atoms with Gasteiger partial charge >= 0.3 is 180 Å². The Kier molecular flexibility index (Phi) is 12.3. The average Bonchev–Trinajstić information content (AvgIpc) is 3.21. The van der Waals surface area contributed by atoms with E-state index >= 15 is 0 Å². The molecule has 1 atom stereocenters. The number of hydrogen-bond donors (Lipinski definition) is 0. The molecular formula is C27H36NO2SW-. The predicted octanol–water partition coefficient (Wildman–Crippen LogP) is 6.48. The van der Waals surface area contributed by atoms with Crippen molar-refractivity contribution in [1.82, 2.24) is 4.31 Å². The summed E-state index contributed by atoms with van der Waals surface area (Å²) in [6, 6.07) is 15.8. The minimum absolute atomic E-state index is 0.107. The molecule has 1 unspecified atom stereocenters. The van der Waals surface area contributed by atoms with Gasteiger partial charge in [0.1, 0.15) is 0 Å². The van der Waals surface area contributed by atoms with Crippen LogP contribution in [0.1, 0.15) is 69.3 Å². The molecule has 0 aliphatic heterocycles. The van der Waals surface area contributed by atoms with Crippen molar-refractivity contribution in [3.05, 3.63) is 94.4 Å². The summed E-state index contributed by atoms with van der Waals surface area (Å²) in [4.78, 5) is -0.107. The molecule has 1 aliphatic rings. The Hall–Kier alpha value is -1.61. The van der Waals surface area contributed by atoms with Crippen molar-refractivity contribution in [2.24, 2.45) is 0 Å². The molecule has 0 heterocycles. The minimum atomic E-state index is -3.79. The maximum atomic E-state index is 13.4. The second kappa shape index (κ2) is 13.8. The van der Waals surface area contributed by atoms with Crippen LogP contribution in [0.15, 0.2) is 65.6 Å². The molecule has 1 aliphatic carbocycles. The summed E-state index contributed by atoms with van der Waals surface area (Å²) >= 11 is 1.29. The molecule has 0 spiro atoms. The van der Waals surface area contributed by atoms with E-state index in [-0.39, 0.29) is 10.9 Å². The van der Waals surface area contributed by atoms with Gasteiger partial charge in [-0.25, -0.2) is 0 Å². The topological polar surface area (TPSA) is 37.4 Å². The number of rotatable bonds is 7. The van der Waals surface area contributed by atoms with E-state index in [0.717, 1.165) is 27.9 Å². The van der Waals surface area contributed by atoms with Gasteiger partial charge in [-0.3, -0.25) is 0 Å². The second-order valence-corrected chi connectivity index (χ2v) is 11.3. The van der Waals surface area contributed by atoms with E-state index in [2.05, 4.69) is 25.1 Å². The maximum absolute atomic E-state index is 13.4. The fraction of sp³-hybridized carbons (Fsp3) is 0.370. The van der Waals surface area contributed by atoms with E-state index in [9.17, 15) is 8.42 Å². The Labute approximate surface area is 206 Å². The van der Waals surface area contributed by atoms with Gasteiger partial charge in [-0.1, -0.05) is 27.7 Å². The van der Waals surface area contributed by atoms with Crippen molar-refractivity contribution >= 4 is 13.9 Å². The number of nitrogens with zero attached hydrogens (tertiary/aromatic N) is 1. The van der Waals surface area contributed by atoms with Gasteiger partial charge in [-0.15, -0.1) is 0 Å². The molecule has 174 valence electrons. The van der Waals surface area contributed by atoms with E-state index in [0.29, 0.717) is 6.54 Å². The molecule has 32 heavy (non-hydrogen) atoms. The molecule has 0 saturated carbocycles. The van der Waals surface area contributed by atoms with Crippen molar-refractivity contribution in [2.75, 3.05) is 0 Å². The van der Waals surface area contributed by atoms with E-state index in [1.807, 2.05) is 65.0 Å². The zero-order valence-corrected chi connectivity index (χ0v) is 23.9. The summed E-state index contributed by atoms with van der Waals surface area (Å²) in [5.41, 5.74) is 4.46. The van der Waals surface area contributed by atoms with Crippen molar-refractivity contribution in [3.8, 4) is 0 Å². The quantitative estimate of drug-likeness (QED) is 0.262. The fourth-order valence-corrected chi connectivity index (χ4v) is 5.20. The summed E-state index contributed by atoms with van der Waals surface area (Å²) in [6.07, 6.45) is 4.93. The van der Waals surface area contributed by atoms with Crippen LogP contribution in [0.3, 0.4) is 0 Å². The first-order valence-corrected chi connectivity index (χ1v) is 14.2. The molecule has 0 radical (unpaired) electrons. The first kappa shape index (κ1) is 28.4. The normalized spacial score (nSPS) is 14.8. The summed E-state index contributed by atoms with van der Waals surface area (Å²) in [7, 11) is -3.79. The number of hydrogen-bond acceptors (Lipinski definition) is 2. The molecule has 3 rings (SSSR count). The molecular weight excluding hydrogens is 586 g/mol. The van der Waals surface area contributed by atoms with Crippen LogP contribution >= 0.6 is 0 Å². The zero-order chi connectivity index (χ0) is 24.3. The van der Waals surface area contributed by atoms with Crippen LogP contribution in [-0.2, 0) is 42.3 Å². The number of allylic oxidation sites excluding steroid dienone is 2. The molecule has 3 nitrogen and oxygen atoms in total. The van der Waals surface area contributed by atoms with Gasteiger partial charge in [0.25, 0.3) is 0 Å². The standard InChI is InChI=1S/C23H24NO2S.2C2H6.W/c1-4-5-9-19(3)27(25,26)24(17-20-10-7-6-8-11-20)23-15-13-21-16-18(2)12-14-22(21)23;2*1-2;/h3,5-12,14,16,23H,13,15,17H2,1-2H3;2*1-2H3;/q-1;;;. The number of fused-ring (bicyclic) bond motifs is 1. The van der Waals surface area contributed by atoms with Gasteiger partial charge in [0, 0.05) is 0 Å². The molecule has 0 fully saturated rings. The van der Waals surface area contributed by atoms with Crippen molar-refractivity contribution < 1.29 is 27.8 Å². The van der Waals surface area contributed by atoms with Crippen LogP contribution in [0.5, 0.6) is 0 Å². The monoisotopic (exact) mass is 622 g/mol. The Morgan fingerprint density at radius 2 is 1.72 bits per heavy atom. The molecule has 0 bridgehead atoms.